The number of carbonyl (C=O) groups is 2. The van der Waals surface area contributed by atoms with Crippen LogP contribution in [0.4, 0.5) is 0 Å². The number of aryl methyl sites for hydroxylation is 1. The van der Waals surface area contributed by atoms with Gasteiger partial charge in [-0.15, -0.1) is 0 Å². The van der Waals surface area contributed by atoms with Gasteiger partial charge in [-0.2, -0.15) is 0 Å². The van der Waals surface area contributed by atoms with Crippen molar-refractivity contribution < 1.29 is 14.0 Å². The highest BCUT2D eigenvalue weighted by Gasteiger charge is 2.21. The van der Waals surface area contributed by atoms with Crippen molar-refractivity contribution in [2.24, 2.45) is 5.73 Å². The first-order valence-corrected chi connectivity index (χ1v) is 10.7. The molecule has 0 fully saturated rings. The lowest BCUT2D eigenvalue weighted by Crippen LogP contribution is -2.28. The van der Waals surface area contributed by atoms with E-state index in [9.17, 15) is 9.59 Å². The van der Waals surface area contributed by atoms with E-state index in [1.807, 2.05) is 49.4 Å². The Labute approximate surface area is 195 Å². The third kappa shape index (κ3) is 4.55. The van der Waals surface area contributed by atoms with Crippen molar-refractivity contribution in [1.29, 1.82) is 0 Å². The highest BCUT2D eigenvalue weighted by Crippen LogP contribution is 2.33. The van der Waals surface area contributed by atoms with Crippen LogP contribution in [0.15, 0.2) is 65.1 Å². The predicted octanol–water partition coefficient (Wildman–Crippen LogP) is 5.52. The second-order valence-electron chi connectivity index (χ2n) is 7.49. The van der Waals surface area contributed by atoms with Crippen molar-refractivity contribution in [3.63, 3.8) is 0 Å². The molecule has 0 saturated carbocycles. The summed E-state index contributed by atoms with van der Waals surface area (Å²) in [6.07, 6.45) is 0. The van der Waals surface area contributed by atoms with Crippen molar-refractivity contribution in [1.82, 2.24) is 5.32 Å². The number of ketones is 1. The van der Waals surface area contributed by atoms with Gasteiger partial charge < -0.3 is 15.5 Å². The minimum atomic E-state index is -0.398. The average Bonchev–Trinajstić information content (AvgIpc) is 3.09. The summed E-state index contributed by atoms with van der Waals surface area (Å²) in [5, 5.41) is 4.61. The van der Waals surface area contributed by atoms with Crippen LogP contribution in [0.25, 0.3) is 22.1 Å². The Kier molecular flexibility index (Phi) is 6.33. The Morgan fingerprint density at radius 3 is 2.53 bits per heavy atom. The summed E-state index contributed by atoms with van der Waals surface area (Å²) < 4.78 is 5.98. The van der Waals surface area contributed by atoms with E-state index in [-0.39, 0.29) is 23.1 Å². The lowest BCUT2D eigenvalue weighted by Gasteiger charge is -2.06. The molecular weight excluding hydrogens is 447 g/mol. The summed E-state index contributed by atoms with van der Waals surface area (Å²) in [6, 6.07) is 18.6. The maximum absolute atomic E-state index is 13.1. The Hall–Kier alpha value is -3.12. The summed E-state index contributed by atoms with van der Waals surface area (Å²) in [5.41, 5.74) is 9.85. The van der Waals surface area contributed by atoms with E-state index in [1.54, 1.807) is 12.1 Å². The first-order valence-electron chi connectivity index (χ1n) is 9.94. The number of nitrogens with two attached hydrogens (primary N) is 1. The van der Waals surface area contributed by atoms with Crippen molar-refractivity contribution >= 4 is 45.9 Å². The van der Waals surface area contributed by atoms with E-state index in [4.69, 9.17) is 33.4 Å². The number of halogens is 2. The fourth-order valence-corrected chi connectivity index (χ4v) is 4.10. The first-order chi connectivity index (χ1) is 15.3. The van der Waals surface area contributed by atoms with Crippen LogP contribution < -0.4 is 11.1 Å². The van der Waals surface area contributed by atoms with E-state index in [0.717, 1.165) is 27.6 Å². The molecule has 3 N–H and O–H groups in total. The van der Waals surface area contributed by atoms with E-state index in [2.05, 4.69) is 5.32 Å². The molecule has 0 aliphatic rings. The van der Waals surface area contributed by atoms with E-state index >= 15 is 0 Å². The number of fused-ring (bicyclic) bond motifs is 1. The zero-order chi connectivity index (χ0) is 22.8. The molecule has 7 heteroatoms. The zero-order valence-electron chi connectivity index (χ0n) is 17.2. The van der Waals surface area contributed by atoms with Gasteiger partial charge in [0.15, 0.2) is 5.76 Å². The molecule has 0 aliphatic heterocycles. The second kappa shape index (κ2) is 9.17. The Morgan fingerprint density at radius 1 is 1.00 bits per heavy atom. The highest BCUT2D eigenvalue weighted by atomic mass is 35.5. The molecule has 0 radical (unpaired) electrons. The summed E-state index contributed by atoms with van der Waals surface area (Å²) in [4.78, 5) is 24.0. The fraction of sp³-hybridized carbons (Fsp3) is 0.120. The molecule has 0 aliphatic carbocycles. The van der Waals surface area contributed by atoms with Gasteiger partial charge in [0.1, 0.15) is 5.58 Å². The molecule has 0 spiro atoms. The molecule has 1 heterocycles. The van der Waals surface area contributed by atoms with Gasteiger partial charge in [0, 0.05) is 28.1 Å². The van der Waals surface area contributed by atoms with Crippen LogP contribution >= 0.6 is 23.2 Å². The van der Waals surface area contributed by atoms with E-state index in [1.165, 1.54) is 6.07 Å². The number of hydrogen-bond acceptors (Lipinski definition) is 4. The molecule has 5 nitrogen and oxygen atoms in total. The Bertz CT molecular complexity index is 1340. The third-order valence-corrected chi connectivity index (χ3v) is 5.76. The molecule has 32 heavy (non-hydrogen) atoms. The summed E-state index contributed by atoms with van der Waals surface area (Å²) in [6.45, 7) is 2.50. The molecule has 0 bridgehead atoms. The number of nitrogens with one attached hydrogen (secondary N) is 1. The minimum Gasteiger partial charge on any atom is -0.452 e. The van der Waals surface area contributed by atoms with Crippen molar-refractivity contribution in [3.05, 3.63) is 93.2 Å². The first kappa shape index (κ1) is 22.1. The molecule has 3 aromatic carbocycles. The van der Waals surface area contributed by atoms with Gasteiger partial charge in [-0.1, -0.05) is 53.5 Å². The average molecular weight is 467 g/mol. The van der Waals surface area contributed by atoms with Crippen LogP contribution in [0.5, 0.6) is 0 Å². The number of amides is 1. The molecular formula is C25H20Cl2N2O3. The SMILES string of the molecule is Cc1c(C(=O)c2ccc(Cl)cc2Cl)oc2cc(-c3cccc(CNCC(N)=O)c3)ccc12. The van der Waals surface area contributed by atoms with E-state index < -0.39 is 5.91 Å². The molecule has 0 atom stereocenters. The zero-order valence-corrected chi connectivity index (χ0v) is 18.8. The summed E-state index contributed by atoms with van der Waals surface area (Å²) in [7, 11) is 0. The lowest BCUT2D eigenvalue weighted by atomic mass is 10.0. The van der Waals surface area contributed by atoms with Crippen molar-refractivity contribution in [3.8, 4) is 11.1 Å². The number of hydrogen-bond donors (Lipinski definition) is 2. The molecule has 1 aromatic heterocycles. The second-order valence-corrected chi connectivity index (χ2v) is 8.33. The maximum atomic E-state index is 13.1. The number of rotatable bonds is 7. The van der Waals surface area contributed by atoms with Gasteiger partial charge in [0.05, 0.1) is 11.6 Å². The molecule has 4 rings (SSSR count). The standard InChI is InChI=1S/C25H20Cl2N2O3/c1-14-19-7-5-17(16-4-2-3-15(9-16)12-29-13-23(28)30)10-22(19)32-25(14)24(31)20-8-6-18(26)11-21(20)27/h2-11,29H,12-13H2,1H3,(H2,28,30). The van der Waals surface area contributed by atoms with Gasteiger partial charge in [0.2, 0.25) is 11.7 Å². The van der Waals surface area contributed by atoms with Gasteiger partial charge in [-0.3, -0.25) is 9.59 Å². The lowest BCUT2D eigenvalue weighted by molar-refractivity contribution is -0.117. The fourth-order valence-electron chi connectivity index (χ4n) is 3.61. The van der Waals surface area contributed by atoms with Crippen LogP contribution in [0.1, 0.15) is 27.2 Å². The van der Waals surface area contributed by atoms with Gasteiger partial charge in [-0.05, 0) is 53.9 Å². The monoisotopic (exact) mass is 466 g/mol. The highest BCUT2D eigenvalue weighted by molar-refractivity contribution is 6.37. The van der Waals surface area contributed by atoms with Crippen LogP contribution in [0.2, 0.25) is 10.0 Å². The molecule has 1 amide bonds. The van der Waals surface area contributed by atoms with Crippen LogP contribution in [0.3, 0.4) is 0 Å². The predicted molar refractivity (Wildman–Crippen MR) is 127 cm³/mol. The maximum Gasteiger partial charge on any atom is 0.231 e. The van der Waals surface area contributed by atoms with Crippen LogP contribution in [-0.2, 0) is 11.3 Å². The topological polar surface area (TPSA) is 85.3 Å². The largest absolute Gasteiger partial charge is 0.452 e. The summed E-state index contributed by atoms with van der Waals surface area (Å²) >= 11 is 12.2. The smallest absolute Gasteiger partial charge is 0.231 e. The van der Waals surface area contributed by atoms with Gasteiger partial charge in [0.25, 0.3) is 0 Å². The number of primary amides is 1. The summed E-state index contributed by atoms with van der Waals surface area (Å²) in [5.74, 6) is -0.430. The van der Waals surface area contributed by atoms with Gasteiger partial charge in [-0.25, -0.2) is 0 Å². The van der Waals surface area contributed by atoms with E-state index in [0.29, 0.717) is 22.7 Å². The Morgan fingerprint density at radius 2 is 1.78 bits per heavy atom. The minimum absolute atomic E-state index is 0.121. The number of furan rings is 1. The van der Waals surface area contributed by atoms with Crippen molar-refractivity contribution in [2.45, 2.75) is 13.5 Å². The molecule has 162 valence electrons. The number of benzene rings is 3. The van der Waals surface area contributed by atoms with Crippen LogP contribution in [-0.4, -0.2) is 18.2 Å². The Balaban J connectivity index is 1.66. The van der Waals surface area contributed by atoms with Crippen LogP contribution in [0, 0.1) is 6.92 Å². The van der Waals surface area contributed by atoms with Crippen molar-refractivity contribution in [2.75, 3.05) is 6.54 Å². The van der Waals surface area contributed by atoms with Gasteiger partial charge >= 0.3 is 0 Å². The molecule has 4 aromatic rings. The molecule has 0 unspecified atom stereocenters. The number of carbonyl (C=O) groups excluding carboxylic acids is 2. The molecule has 0 saturated heterocycles. The quantitative estimate of drug-likeness (QED) is 0.351. The normalized spacial score (nSPS) is 11.1. The third-order valence-electron chi connectivity index (χ3n) is 5.21.